The van der Waals surface area contributed by atoms with E-state index < -0.39 is 22.1 Å². The van der Waals surface area contributed by atoms with Crippen LogP contribution in [0.25, 0.3) is 11.0 Å². The first-order valence-corrected chi connectivity index (χ1v) is 15.7. The lowest BCUT2D eigenvalue weighted by Gasteiger charge is -2.20. The predicted octanol–water partition coefficient (Wildman–Crippen LogP) is 6.77. The van der Waals surface area contributed by atoms with Gasteiger partial charge in [0, 0.05) is 25.6 Å². The number of aromatic nitrogens is 2. The molecule has 5 rings (SSSR count). The van der Waals surface area contributed by atoms with Crippen LogP contribution in [-0.2, 0) is 27.8 Å². The summed E-state index contributed by atoms with van der Waals surface area (Å²) in [4.78, 5) is 17.0. The lowest BCUT2D eigenvalue weighted by molar-refractivity contribution is -0.145. The van der Waals surface area contributed by atoms with Gasteiger partial charge in [0.15, 0.2) is 0 Å². The van der Waals surface area contributed by atoms with E-state index in [1.54, 1.807) is 73.8 Å². The number of carbonyl (C=O) groups is 1. The van der Waals surface area contributed by atoms with Gasteiger partial charge in [0.1, 0.15) is 11.6 Å². The molecule has 5 aromatic rings. The summed E-state index contributed by atoms with van der Waals surface area (Å²) in [5, 5.41) is 9.73. The zero-order valence-corrected chi connectivity index (χ0v) is 25.3. The number of unbranched alkanes of at least 4 members (excludes halogenated alkanes) is 1. The molecule has 0 aliphatic carbocycles. The van der Waals surface area contributed by atoms with Crippen LogP contribution < -0.4 is 9.04 Å². The Balaban J connectivity index is 1.44. The maximum absolute atomic E-state index is 13.4. The number of fused-ring (bicyclic) bond motifs is 1. The molecule has 1 heterocycles. The highest BCUT2D eigenvalue weighted by Crippen LogP contribution is 2.29. The van der Waals surface area contributed by atoms with Crippen molar-refractivity contribution in [3.8, 4) is 5.75 Å². The third-order valence-electron chi connectivity index (χ3n) is 7.45. The Kier molecular flexibility index (Phi) is 8.82. The summed E-state index contributed by atoms with van der Waals surface area (Å²) < 4.78 is 36.1. The van der Waals surface area contributed by atoms with Crippen LogP contribution in [0.15, 0.2) is 102 Å². The van der Waals surface area contributed by atoms with Crippen molar-refractivity contribution in [1.29, 1.82) is 0 Å². The molecule has 0 bridgehead atoms. The van der Waals surface area contributed by atoms with Crippen LogP contribution in [0.2, 0.25) is 0 Å². The minimum absolute atomic E-state index is 0.234. The second-order valence-corrected chi connectivity index (χ2v) is 12.5. The molecule has 1 aromatic heterocycles. The largest absolute Gasteiger partial charge is 0.478 e. The van der Waals surface area contributed by atoms with Gasteiger partial charge < -0.3 is 14.4 Å². The third-order valence-corrected chi connectivity index (χ3v) is 9.25. The van der Waals surface area contributed by atoms with Crippen LogP contribution >= 0.6 is 0 Å². The third kappa shape index (κ3) is 6.57. The lowest BCUT2D eigenvalue weighted by atomic mass is 10.1. The summed E-state index contributed by atoms with van der Waals surface area (Å²) in [5.74, 6) is 0.311. The van der Waals surface area contributed by atoms with E-state index in [1.165, 1.54) is 4.31 Å². The lowest BCUT2D eigenvalue weighted by Crippen LogP contribution is -2.26. The van der Waals surface area contributed by atoms with Gasteiger partial charge in [-0.2, -0.15) is 0 Å². The van der Waals surface area contributed by atoms with Crippen molar-refractivity contribution >= 4 is 32.7 Å². The van der Waals surface area contributed by atoms with Gasteiger partial charge in [-0.3, -0.25) is 4.31 Å². The minimum atomic E-state index is -3.75. The second kappa shape index (κ2) is 12.7. The molecule has 8 nitrogen and oxygen atoms in total. The minimum Gasteiger partial charge on any atom is -0.478 e. The molecule has 0 spiro atoms. The van der Waals surface area contributed by atoms with E-state index in [0.29, 0.717) is 23.5 Å². The Morgan fingerprint density at radius 2 is 1.67 bits per heavy atom. The van der Waals surface area contributed by atoms with Crippen molar-refractivity contribution in [2.24, 2.45) is 0 Å². The number of aryl methyl sites for hydroxylation is 2. The van der Waals surface area contributed by atoms with E-state index in [0.717, 1.165) is 47.2 Å². The normalized spacial score (nSPS) is 12.3. The van der Waals surface area contributed by atoms with Crippen LogP contribution in [0.1, 0.15) is 48.4 Å². The summed E-state index contributed by atoms with van der Waals surface area (Å²) >= 11 is 0. The Hall–Kier alpha value is -4.63. The number of benzene rings is 4. The zero-order valence-electron chi connectivity index (χ0n) is 24.5. The van der Waals surface area contributed by atoms with Crippen LogP contribution in [0, 0.1) is 6.92 Å². The molecule has 222 valence electrons. The van der Waals surface area contributed by atoms with Crippen LogP contribution in [0.5, 0.6) is 5.75 Å². The van der Waals surface area contributed by atoms with Crippen LogP contribution in [-0.4, -0.2) is 36.1 Å². The van der Waals surface area contributed by atoms with Gasteiger partial charge in [-0.05, 0) is 61.4 Å². The highest BCUT2D eigenvalue weighted by Gasteiger charge is 2.23. The smallest absolute Gasteiger partial charge is 0.349 e. The Bertz CT molecular complexity index is 1820. The molecule has 0 aliphatic rings. The summed E-state index contributed by atoms with van der Waals surface area (Å²) in [6.45, 7) is 4.56. The predicted molar refractivity (Wildman–Crippen MR) is 168 cm³/mol. The molecular formula is C34H35N3O5S. The Morgan fingerprint density at radius 3 is 2.33 bits per heavy atom. The van der Waals surface area contributed by atoms with E-state index in [1.807, 2.05) is 37.3 Å². The number of carboxylic acids is 1. The van der Waals surface area contributed by atoms with Crippen molar-refractivity contribution in [2.75, 3.05) is 11.4 Å². The number of hydrogen-bond acceptors (Lipinski definition) is 5. The maximum atomic E-state index is 13.4. The summed E-state index contributed by atoms with van der Waals surface area (Å²) in [5.41, 5.74) is 4.70. The van der Waals surface area contributed by atoms with Crippen LogP contribution in [0.4, 0.5) is 5.69 Å². The number of carboxylic acid groups (broad SMARTS) is 1. The van der Waals surface area contributed by atoms with Gasteiger partial charge >= 0.3 is 5.97 Å². The fourth-order valence-electron chi connectivity index (χ4n) is 4.95. The topological polar surface area (TPSA) is 102 Å². The van der Waals surface area contributed by atoms with Gasteiger partial charge in [-0.25, -0.2) is 18.2 Å². The zero-order chi connectivity index (χ0) is 30.6. The van der Waals surface area contributed by atoms with E-state index in [9.17, 15) is 18.3 Å². The summed E-state index contributed by atoms with van der Waals surface area (Å²) in [7, 11) is -2.19. The molecule has 0 saturated heterocycles. The molecule has 43 heavy (non-hydrogen) atoms. The van der Waals surface area contributed by atoms with Crippen molar-refractivity contribution in [3.63, 3.8) is 0 Å². The van der Waals surface area contributed by atoms with Gasteiger partial charge in [-0.15, -0.1) is 0 Å². The summed E-state index contributed by atoms with van der Waals surface area (Å²) in [6, 6.07) is 28.6. The Morgan fingerprint density at radius 1 is 0.977 bits per heavy atom. The van der Waals surface area contributed by atoms with Gasteiger partial charge in [0.05, 0.1) is 21.6 Å². The van der Waals surface area contributed by atoms with Gasteiger partial charge in [0.25, 0.3) is 10.0 Å². The number of imidazole rings is 1. The average molecular weight is 598 g/mol. The van der Waals surface area contributed by atoms with Gasteiger partial charge in [-0.1, -0.05) is 73.5 Å². The molecule has 1 N–H and O–H groups in total. The van der Waals surface area contributed by atoms with E-state index in [4.69, 9.17) is 9.72 Å². The number of hydrogen-bond donors (Lipinski definition) is 1. The number of aliphatic carboxylic acids is 1. The van der Waals surface area contributed by atoms with Gasteiger partial charge in [0.2, 0.25) is 6.10 Å². The van der Waals surface area contributed by atoms with Crippen molar-refractivity contribution in [3.05, 3.63) is 120 Å². The first-order chi connectivity index (χ1) is 20.7. The number of sulfonamides is 1. The SMILES string of the molecule is CCCCc1nc2ccc(N(C)S(=O)(=O)c3ccc(C)cc3)cc2n1Cc1ccc(OC(C(=O)O)c2ccccc2)cc1. The molecule has 1 unspecified atom stereocenters. The van der Waals surface area contributed by atoms with Crippen molar-refractivity contribution < 1.29 is 23.1 Å². The number of rotatable bonds is 12. The fourth-order valence-corrected chi connectivity index (χ4v) is 6.13. The number of nitrogens with zero attached hydrogens (tertiary/aromatic N) is 3. The average Bonchev–Trinajstić information content (AvgIpc) is 3.35. The molecule has 1 atom stereocenters. The van der Waals surface area contributed by atoms with E-state index in [2.05, 4.69) is 11.5 Å². The molecule has 0 aliphatic heterocycles. The molecule has 0 radical (unpaired) electrons. The highest BCUT2D eigenvalue weighted by atomic mass is 32.2. The first kappa shape index (κ1) is 29.8. The van der Waals surface area contributed by atoms with Crippen molar-refractivity contribution in [1.82, 2.24) is 9.55 Å². The maximum Gasteiger partial charge on any atom is 0.349 e. The first-order valence-electron chi connectivity index (χ1n) is 14.3. The number of ether oxygens (including phenoxy) is 1. The molecule has 4 aromatic carbocycles. The molecule has 0 saturated carbocycles. The monoisotopic (exact) mass is 597 g/mol. The Labute approximate surface area is 252 Å². The van der Waals surface area contributed by atoms with Crippen molar-refractivity contribution in [2.45, 2.75) is 50.7 Å². The quantitative estimate of drug-likeness (QED) is 0.170. The second-order valence-electron chi connectivity index (χ2n) is 10.6. The standard InChI is InChI=1S/C34H35N3O5S/c1-4-5-11-32-35-30-21-16-27(36(3)43(40,41)29-19-12-24(2)13-20-29)22-31(30)37(32)23-25-14-17-28(18-15-25)42-33(34(38)39)26-9-7-6-8-10-26/h6-10,12-22,33H,4-5,11,23H2,1-3H3,(H,38,39). The molecule has 0 amide bonds. The van der Waals surface area contributed by atoms with E-state index >= 15 is 0 Å². The highest BCUT2D eigenvalue weighted by molar-refractivity contribution is 7.92. The molecule has 0 fully saturated rings. The van der Waals surface area contributed by atoms with E-state index in [-0.39, 0.29) is 4.90 Å². The molecule has 9 heteroatoms. The fraction of sp³-hybridized carbons (Fsp3) is 0.235. The van der Waals surface area contributed by atoms with Crippen LogP contribution in [0.3, 0.4) is 0 Å². The summed E-state index contributed by atoms with van der Waals surface area (Å²) in [6.07, 6.45) is 1.67. The number of anilines is 1. The molecular weight excluding hydrogens is 562 g/mol.